The number of carboxylic acids is 1. The van der Waals surface area contributed by atoms with Crippen molar-refractivity contribution in [3.8, 4) is 0 Å². The molecule has 0 radical (unpaired) electrons. The van der Waals surface area contributed by atoms with E-state index in [-0.39, 0.29) is 25.0 Å². The van der Waals surface area contributed by atoms with Gasteiger partial charge in [0.2, 0.25) is 0 Å². The molecule has 0 fully saturated rings. The van der Waals surface area contributed by atoms with E-state index in [4.69, 9.17) is 20.1 Å². The van der Waals surface area contributed by atoms with Crippen molar-refractivity contribution in [1.29, 1.82) is 0 Å². The molecule has 0 heterocycles. The van der Waals surface area contributed by atoms with Gasteiger partial charge in [-0.2, -0.15) is 0 Å². The van der Waals surface area contributed by atoms with Crippen LogP contribution in [0, 0.1) is 20.2 Å². The Hall–Kier alpha value is -2.62. The van der Waals surface area contributed by atoms with Gasteiger partial charge in [-0.15, -0.1) is 0 Å². The quantitative estimate of drug-likeness (QED) is 0.399. The molecule has 1 aromatic carbocycles. The summed E-state index contributed by atoms with van der Waals surface area (Å²) < 4.78 is 0. The molecule has 0 unspecified atom stereocenters. The number of carbonyl (C=O) groups excluding carboxylic acids is 1. The van der Waals surface area contributed by atoms with Gasteiger partial charge in [-0.25, -0.2) is 4.79 Å². The monoisotopic (exact) mass is 336 g/mol. The molecule has 0 aliphatic carbocycles. The third-order valence-electron chi connectivity index (χ3n) is 1.62. The molecule has 12 heteroatoms. The number of carbonyl (C=O) groups is 2. The number of hydrogen-bond donors (Lipinski definition) is 1. The van der Waals surface area contributed by atoms with Crippen LogP contribution in [0.2, 0.25) is 0 Å². The molecular weight excluding hydrogens is 333 g/mol. The average Bonchev–Trinajstić information content (AvgIpc) is 2.27. The van der Waals surface area contributed by atoms with E-state index in [0.29, 0.717) is 6.07 Å². The van der Waals surface area contributed by atoms with E-state index in [1.807, 2.05) is 0 Å². The van der Waals surface area contributed by atoms with E-state index in [9.17, 15) is 25.0 Å². The van der Waals surface area contributed by atoms with Gasteiger partial charge in [-0.3, -0.25) is 20.2 Å². The molecule has 0 atom stereocenters. The SMILES string of the molecule is O=C(O)c1ccc([N+](=O)[O-])c([N+](=O)[O-])c1.O=C([O-])[O-].[Zn+2]. The summed E-state index contributed by atoms with van der Waals surface area (Å²) in [6.07, 6.45) is -2.33. The molecule has 11 nitrogen and oxygen atoms in total. The van der Waals surface area contributed by atoms with Crippen molar-refractivity contribution in [2.45, 2.75) is 0 Å². The Labute approximate surface area is 122 Å². The fraction of sp³-hybridized carbons (Fsp3) is 0. The molecule has 1 rings (SSSR count). The topological polar surface area (TPSA) is 187 Å². The van der Waals surface area contributed by atoms with E-state index >= 15 is 0 Å². The van der Waals surface area contributed by atoms with Crippen molar-refractivity contribution in [2.75, 3.05) is 0 Å². The molecule has 102 valence electrons. The molecule has 0 spiro atoms. The first-order chi connectivity index (χ1) is 8.66. The van der Waals surface area contributed by atoms with Crippen LogP contribution in [-0.4, -0.2) is 27.1 Å². The van der Waals surface area contributed by atoms with Gasteiger partial charge in [0.05, 0.1) is 15.4 Å². The fourth-order valence-electron chi connectivity index (χ4n) is 0.957. The Bertz CT molecular complexity index is 541. The number of nitro groups is 2. The van der Waals surface area contributed by atoms with Gasteiger partial charge in [0.15, 0.2) is 0 Å². The molecule has 20 heavy (non-hydrogen) atoms. The summed E-state index contributed by atoms with van der Waals surface area (Å²) in [7, 11) is 0. The van der Waals surface area contributed by atoms with E-state index in [1.54, 1.807) is 0 Å². The summed E-state index contributed by atoms with van der Waals surface area (Å²) in [6, 6.07) is 2.38. The molecule has 0 saturated heterocycles. The van der Waals surface area contributed by atoms with Crippen molar-refractivity contribution in [3.63, 3.8) is 0 Å². The Morgan fingerprint density at radius 1 is 1.00 bits per heavy atom. The number of rotatable bonds is 3. The number of benzene rings is 1. The maximum Gasteiger partial charge on any atom is 2.00 e. The van der Waals surface area contributed by atoms with Crippen molar-refractivity contribution >= 4 is 23.5 Å². The molecule has 0 saturated carbocycles. The minimum atomic E-state index is -2.33. The van der Waals surface area contributed by atoms with Crippen molar-refractivity contribution in [2.24, 2.45) is 0 Å². The summed E-state index contributed by atoms with van der Waals surface area (Å²) in [6.45, 7) is 0. The molecular formula is C8H4N2O9Zn. The zero-order chi connectivity index (χ0) is 15.2. The van der Waals surface area contributed by atoms with Crippen molar-refractivity contribution in [1.82, 2.24) is 0 Å². The largest absolute Gasteiger partial charge is 2.00 e. The normalized spacial score (nSPS) is 8.40. The maximum atomic E-state index is 10.5. The van der Waals surface area contributed by atoms with Crippen LogP contribution in [0.5, 0.6) is 0 Å². The first-order valence-electron chi connectivity index (χ1n) is 4.21. The van der Waals surface area contributed by atoms with Crippen LogP contribution in [0.1, 0.15) is 10.4 Å². The Kier molecular flexibility index (Phi) is 8.36. The van der Waals surface area contributed by atoms with E-state index in [0.717, 1.165) is 12.1 Å². The third kappa shape index (κ3) is 6.35. The van der Waals surface area contributed by atoms with E-state index in [1.165, 1.54) is 0 Å². The first-order valence-corrected chi connectivity index (χ1v) is 4.21. The fourth-order valence-corrected chi connectivity index (χ4v) is 0.957. The predicted molar refractivity (Wildman–Crippen MR) is 52.1 cm³/mol. The summed E-state index contributed by atoms with van der Waals surface area (Å²) in [5.41, 5.74) is -1.93. The number of carboxylic acid groups (broad SMARTS) is 3. The zero-order valence-corrected chi connectivity index (χ0v) is 12.5. The van der Waals surface area contributed by atoms with E-state index in [2.05, 4.69) is 0 Å². The molecule has 0 bridgehead atoms. The first kappa shape index (κ1) is 19.7. The number of nitro benzene ring substituents is 2. The summed E-state index contributed by atoms with van der Waals surface area (Å²) in [5, 5.41) is 46.0. The Morgan fingerprint density at radius 3 is 1.70 bits per heavy atom. The van der Waals surface area contributed by atoms with Gasteiger partial charge < -0.3 is 20.1 Å². The maximum absolute atomic E-state index is 10.5. The van der Waals surface area contributed by atoms with Crippen molar-refractivity contribution < 1.29 is 54.2 Å². The minimum absolute atomic E-state index is 0. The Morgan fingerprint density at radius 2 is 1.40 bits per heavy atom. The molecule has 1 aromatic rings. The van der Waals surface area contributed by atoms with Gasteiger partial charge in [-0.1, -0.05) is 0 Å². The van der Waals surface area contributed by atoms with Gasteiger partial charge in [-0.05, 0) is 12.2 Å². The molecule has 1 N–H and O–H groups in total. The Balaban J connectivity index is 0. The van der Waals surface area contributed by atoms with Crippen LogP contribution >= 0.6 is 0 Å². The van der Waals surface area contributed by atoms with Crippen LogP contribution < -0.4 is 10.2 Å². The molecule has 0 amide bonds. The van der Waals surface area contributed by atoms with Gasteiger partial charge in [0, 0.05) is 12.1 Å². The number of aromatic carboxylic acids is 1. The zero-order valence-electron chi connectivity index (χ0n) is 9.55. The second-order valence-electron chi connectivity index (χ2n) is 2.77. The van der Waals surface area contributed by atoms with Gasteiger partial charge in [0.25, 0.3) is 0 Å². The smallest absolute Gasteiger partial charge is 0.652 e. The standard InChI is InChI=1S/C7H4N2O6.CH2O3.Zn/c10-7(11)4-1-2-5(8(12)13)6(3-4)9(14)15;2-1(3)4;/h1-3H,(H,10,11);(H2,2,3,4);/q;;+2/p-2. The number of hydrogen-bond acceptors (Lipinski definition) is 8. The summed E-state index contributed by atoms with van der Waals surface area (Å²) >= 11 is 0. The summed E-state index contributed by atoms with van der Waals surface area (Å²) in [4.78, 5) is 37.6. The van der Waals surface area contributed by atoms with E-state index < -0.39 is 33.3 Å². The van der Waals surface area contributed by atoms with Gasteiger partial charge >= 0.3 is 36.8 Å². The molecule has 0 aliphatic rings. The van der Waals surface area contributed by atoms with Crippen LogP contribution in [0.25, 0.3) is 0 Å². The predicted octanol–water partition coefficient (Wildman–Crippen LogP) is -1.25. The molecule has 0 aromatic heterocycles. The summed E-state index contributed by atoms with van der Waals surface area (Å²) in [5.74, 6) is -1.38. The third-order valence-corrected chi connectivity index (χ3v) is 1.62. The molecule has 0 aliphatic heterocycles. The van der Waals surface area contributed by atoms with Gasteiger partial charge in [0.1, 0.15) is 0 Å². The van der Waals surface area contributed by atoms with Crippen LogP contribution in [-0.2, 0) is 19.5 Å². The van der Waals surface area contributed by atoms with Crippen LogP contribution in [0.15, 0.2) is 18.2 Å². The van der Waals surface area contributed by atoms with Crippen LogP contribution in [0.4, 0.5) is 16.2 Å². The minimum Gasteiger partial charge on any atom is -0.652 e. The second-order valence-corrected chi connectivity index (χ2v) is 2.77. The average molecular weight is 338 g/mol. The van der Waals surface area contributed by atoms with Crippen molar-refractivity contribution in [3.05, 3.63) is 44.0 Å². The number of nitrogens with zero attached hydrogens (tertiary/aromatic N) is 2. The second kappa shape index (κ2) is 8.48. The van der Waals surface area contributed by atoms with Crippen LogP contribution in [0.3, 0.4) is 0 Å².